The molecule has 0 amide bonds. The molecule has 0 aliphatic carbocycles. The van der Waals surface area contributed by atoms with Crippen molar-refractivity contribution in [3.8, 4) is 0 Å². The number of ether oxygens (including phenoxy) is 1. The van der Waals surface area contributed by atoms with Crippen LogP contribution in [0, 0.1) is 5.92 Å². The standard InChI is InChI=1S/C14H17NOS/c15-13(10-5-6-16-8-10)7-11-9-17-14-4-2-1-3-12(11)14/h1-4,9-10,13H,5-8,15H2. The summed E-state index contributed by atoms with van der Waals surface area (Å²) < 4.78 is 6.77. The summed E-state index contributed by atoms with van der Waals surface area (Å²) in [6.45, 7) is 1.71. The van der Waals surface area contributed by atoms with Gasteiger partial charge in [-0.1, -0.05) is 18.2 Å². The Hall–Kier alpha value is -0.900. The van der Waals surface area contributed by atoms with Gasteiger partial charge in [-0.25, -0.2) is 0 Å². The van der Waals surface area contributed by atoms with Crippen molar-refractivity contribution < 1.29 is 4.74 Å². The monoisotopic (exact) mass is 247 g/mol. The Morgan fingerprint density at radius 3 is 3.12 bits per heavy atom. The van der Waals surface area contributed by atoms with Gasteiger partial charge >= 0.3 is 0 Å². The molecule has 3 heteroatoms. The van der Waals surface area contributed by atoms with E-state index >= 15 is 0 Å². The highest BCUT2D eigenvalue weighted by molar-refractivity contribution is 7.17. The van der Waals surface area contributed by atoms with Crippen molar-refractivity contribution in [2.45, 2.75) is 18.9 Å². The van der Waals surface area contributed by atoms with Crippen molar-refractivity contribution in [1.29, 1.82) is 0 Å². The maximum Gasteiger partial charge on any atom is 0.0510 e. The molecule has 2 nitrogen and oxygen atoms in total. The zero-order valence-corrected chi connectivity index (χ0v) is 10.6. The van der Waals surface area contributed by atoms with Crippen molar-refractivity contribution in [2.24, 2.45) is 11.7 Å². The zero-order chi connectivity index (χ0) is 11.7. The molecule has 2 unspecified atom stereocenters. The molecule has 1 aromatic heterocycles. The van der Waals surface area contributed by atoms with Crippen LogP contribution < -0.4 is 5.73 Å². The minimum Gasteiger partial charge on any atom is -0.381 e. The number of fused-ring (bicyclic) bond motifs is 1. The Kier molecular flexibility index (Phi) is 3.14. The van der Waals surface area contributed by atoms with E-state index in [1.54, 1.807) is 0 Å². The summed E-state index contributed by atoms with van der Waals surface area (Å²) in [7, 11) is 0. The van der Waals surface area contributed by atoms with E-state index < -0.39 is 0 Å². The molecule has 1 saturated heterocycles. The fraction of sp³-hybridized carbons (Fsp3) is 0.429. The van der Waals surface area contributed by atoms with E-state index in [1.807, 2.05) is 11.3 Å². The molecule has 2 aromatic rings. The molecule has 2 heterocycles. The lowest BCUT2D eigenvalue weighted by Crippen LogP contribution is -2.32. The van der Waals surface area contributed by atoms with Gasteiger partial charge in [-0.15, -0.1) is 11.3 Å². The van der Waals surface area contributed by atoms with Gasteiger partial charge in [0.1, 0.15) is 0 Å². The molecule has 1 aliphatic rings. The highest BCUT2D eigenvalue weighted by Gasteiger charge is 2.23. The molecule has 1 aromatic carbocycles. The first kappa shape index (κ1) is 11.2. The molecule has 17 heavy (non-hydrogen) atoms. The maximum atomic E-state index is 6.29. The van der Waals surface area contributed by atoms with Crippen molar-refractivity contribution in [1.82, 2.24) is 0 Å². The summed E-state index contributed by atoms with van der Waals surface area (Å²) in [4.78, 5) is 0. The Bertz CT molecular complexity index is 502. The highest BCUT2D eigenvalue weighted by Crippen LogP contribution is 2.28. The Morgan fingerprint density at radius 2 is 2.29 bits per heavy atom. The second-order valence-corrected chi connectivity index (χ2v) is 5.66. The average Bonchev–Trinajstić information content (AvgIpc) is 2.98. The first-order valence-corrected chi connectivity index (χ1v) is 7.01. The first-order chi connectivity index (χ1) is 8.34. The summed E-state index contributed by atoms with van der Waals surface area (Å²) in [6.07, 6.45) is 2.08. The van der Waals surface area contributed by atoms with E-state index in [0.29, 0.717) is 5.92 Å². The second kappa shape index (κ2) is 4.77. The number of benzene rings is 1. The average molecular weight is 247 g/mol. The van der Waals surface area contributed by atoms with Gasteiger partial charge in [0.25, 0.3) is 0 Å². The van der Waals surface area contributed by atoms with Gasteiger partial charge in [-0.3, -0.25) is 0 Å². The first-order valence-electron chi connectivity index (χ1n) is 6.13. The van der Waals surface area contributed by atoms with Crippen LogP contribution >= 0.6 is 11.3 Å². The fourth-order valence-corrected chi connectivity index (χ4v) is 3.48. The van der Waals surface area contributed by atoms with Crippen LogP contribution in [0.15, 0.2) is 29.6 Å². The quantitative estimate of drug-likeness (QED) is 0.905. The number of hydrogen-bond acceptors (Lipinski definition) is 3. The fourth-order valence-electron chi connectivity index (χ4n) is 2.50. The maximum absolute atomic E-state index is 6.29. The van der Waals surface area contributed by atoms with Crippen LogP contribution in [0.4, 0.5) is 0 Å². The molecule has 1 fully saturated rings. The Labute approximate surface area is 105 Å². The predicted octanol–water partition coefficient (Wildman–Crippen LogP) is 2.81. The van der Waals surface area contributed by atoms with E-state index in [0.717, 1.165) is 26.1 Å². The Morgan fingerprint density at radius 1 is 1.41 bits per heavy atom. The summed E-state index contributed by atoms with van der Waals surface area (Å²) in [5.41, 5.74) is 7.68. The van der Waals surface area contributed by atoms with Crippen LogP contribution in [-0.2, 0) is 11.2 Å². The van der Waals surface area contributed by atoms with E-state index in [4.69, 9.17) is 10.5 Å². The molecular formula is C14H17NOS. The minimum absolute atomic E-state index is 0.232. The highest BCUT2D eigenvalue weighted by atomic mass is 32.1. The molecule has 0 bridgehead atoms. The van der Waals surface area contributed by atoms with Crippen molar-refractivity contribution in [3.63, 3.8) is 0 Å². The molecule has 90 valence electrons. The van der Waals surface area contributed by atoms with E-state index in [-0.39, 0.29) is 6.04 Å². The van der Waals surface area contributed by atoms with Crippen LogP contribution in [0.25, 0.3) is 10.1 Å². The van der Waals surface area contributed by atoms with Gasteiger partial charge in [-0.2, -0.15) is 0 Å². The largest absolute Gasteiger partial charge is 0.381 e. The number of rotatable bonds is 3. The van der Waals surface area contributed by atoms with Crippen LogP contribution in [0.3, 0.4) is 0 Å². The summed E-state index contributed by atoms with van der Waals surface area (Å²) in [6, 6.07) is 8.79. The van der Waals surface area contributed by atoms with E-state index in [1.165, 1.54) is 15.6 Å². The van der Waals surface area contributed by atoms with Crippen LogP contribution in [0.1, 0.15) is 12.0 Å². The van der Waals surface area contributed by atoms with E-state index in [9.17, 15) is 0 Å². The third-order valence-electron chi connectivity index (χ3n) is 3.59. The van der Waals surface area contributed by atoms with Gasteiger partial charge in [0.15, 0.2) is 0 Å². The molecular weight excluding hydrogens is 230 g/mol. The Balaban J connectivity index is 1.80. The van der Waals surface area contributed by atoms with Crippen molar-refractivity contribution >= 4 is 21.4 Å². The minimum atomic E-state index is 0.232. The third-order valence-corrected chi connectivity index (χ3v) is 4.60. The van der Waals surface area contributed by atoms with Gasteiger partial charge in [0.05, 0.1) is 6.61 Å². The molecule has 2 atom stereocenters. The van der Waals surface area contributed by atoms with Crippen molar-refractivity contribution in [2.75, 3.05) is 13.2 Å². The smallest absolute Gasteiger partial charge is 0.0510 e. The van der Waals surface area contributed by atoms with Crippen molar-refractivity contribution in [3.05, 3.63) is 35.2 Å². The SMILES string of the molecule is NC(Cc1csc2ccccc12)C1CCOC1. The van der Waals surface area contributed by atoms with Gasteiger partial charge in [0, 0.05) is 17.3 Å². The predicted molar refractivity (Wildman–Crippen MR) is 72.4 cm³/mol. The van der Waals surface area contributed by atoms with Gasteiger partial charge in [0.2, 0.25) is 0 Å². The normalized spacial score (nSPS) is 22.1. The number of nitrogens with two attached hydrogens (primary N) is 1. The van der Waals surface area contributed by atoms with E-state index in [2.05, 4.69) is 29.6 Å². The zero-order valence-electron chi connectivity index (χ0n) is 9.76. The van der Waals surface area contributed by atoms with Crippen LogP contribution in [0.5, 0.6) is 0 Å². The lowest BCUT2D eigenvalue weighted by atomic mass is 9.93. The molecule has 3 rings (SSSR count). The molecule has 2 N–H and O–H groups in total. The molecule has 0 spiro atoms. The van der Waals surface area contributed by atoms with Crippen LogP contribution in [0.2, 0.25) is 0 Å². The molecule has 1 aliphatic heterocycles. The second-order valence-electron chi connectivity index (χ2n) is 4.75. The topological polar surface area (TPSA) is 35.2 Å². The lowest BCUT2D eigenvalue weighted by Gasteiger charge is -2.17. The summed E-state index contributed by atoms with van der Waals surface area (Å²) >= 11 is 1.81. The number of hydrogen-bond donors (Lipinski definition) is 1. The molecule has 0 radical (unpaired) electrons. The summed E-state index contributed by atoms with van der Waals surface area (Å²) in [5.74, 6) is 0.536. The lowest BCUT2D eigenvalue weighted by molar-refractivity contribution is 0.180. The number of thiophene rings is 1. The summed E-state index contributed by atoms with van der Waals surface area (Å²) in [5, 5.41) is 3.62. The van der Waals surface area contributed by atoms with Crippen LogP contribution in [-0.4, -0.2) is 19.3 Å². The molecule has 0 saturated carbocycles. The van der Waals surface area contributed by atoms with Gasteiger partial charge in [-0.05, 0) is 41.2 Å². The third kappa shape index (κ3) is 2.23. The van der Waals surface area contributed by atoms with Gasteiger partial charge < -0.3 is 10.5 Å².